The zero-order chi connectivity index (χ0) is 55.4. The van der Waals surface area contributed by atoms with Crippen molar-refractivity contribution in [3.63, 3.8) is 0 Å². The van der Waals surface area contributed by atoms with Crippen molar-refractivity contribution in [3.8, 4) is 28.0 Å². The van der Waals surface area contributed by atoms with Crippen LogP contribution in [0.15, 0.2) is 164 Å². The van der Waals surface area contributed by atoms with E-state index >= 15 is 0 Å². The van der Waals surface area contributed by atoms with Gasteiger partial charge in [0.15, 0.2) is 0 Å². The van der Waals surface area contributed by atoms with Crippen LogP contribution in [-0.2, 0) is 37.4 Å². The second-order valence-corrected chi connectivity index (χ2v) is 38.9. The molecule has 0 aromatic heterocycles. The molecule has 0 radical (unpaired) electrons. The Morgan fingerprint density at radius 1 is 0.338 bits per heavy atom. The normalized spacial score (nSPS) is 22.9. The summed E-state index contributed by atoms with van der Waals surface area (Å²) in [5.41, 5.74) is 26.8. The SMILES string of the molecule is COc1cccc2c1[C@@]13OO[C@@]24[O][Ge]([c]2c(C)cc(C)cc2C)([c]2c(C)cc(C)cc2C)[C]2(c5ccccc5-c5ccccc52)[C@H]4[C@@H]1[C]1(c2ccccc2-c2ccccc21)[Ge]([c]1c(C)cc(C)cc1C)([c]1c(C)cc(C)cc1C)[O]3. The molecule has 4 spiro atoms. The van der Waals surface area contributed by atoms with Gasteiger partial charge in [-0.3, -0.25) is 0 Å². The molecular formula is C73H68Ge2O5. The monoisotopic (exact) mass is 1170 g/mol. The van der Waals surface area contributed by atoms with Gasteiger partial charge in [0.25, 0.3) is 0 Å². The van der Waals surface area contributed by atoms with Gasteiger partial charge in [0.05, 0.1) is 0 Å². The van der Waals surface area contributed by atoms with E-state index in [4.69, 9.17) is 14.5 Å². The van der Waals surface area contributed by atoms with Gasteiger partial charge in [0.1, 0.15) is 0 Å². The standard InChI is InChI=1S/C73H68Ge2O5/c1-41-33-45(5)64(46(6)34-41)74(65-47(7)35-42(2)36-48(65)8)70(57-27-18-14-23-53(57)54-24-15-19-28-58(54)70)68-69-71(59-29-20-16-25-55(59)56-26-17-21-30-60(56)71)75(66-49(9)37-43(3)38-50(66)10,67-51(11)39-44(4)40-52(67)12)78-73(69)63-61(31-22-32-62(63)76-13)72(68,77-74)79-80-73/h14-40,68-69H,1-13H3/t68-,69-,72+,73-/m1/s1. The van der Waals surface area contributed by atoms with Crippen LogP contribution in [0.4, 0.5) is 0 Å². The minimum absolute atomic E-state index is 0.489. The molecule has 2 bridgehead atoms. The third kappa shape index (κ3) is 5.70. The Hall–Kier alpha value is -6.29. The molecule has 80 heavy (non-hydrogen) atoms. The van der Waals surface area contributed by atoms with Gasteiger partial charge in [-0.05, 0) is 0 Å². The second-order valence-electron chi connectivity index (χ2n) is 24.8. The van der Waals surface area contributed by atoms with Crippen LogP contribution in [0, 0.1) is 94.9 Å². The van der Waals surface area contributed by atoms with E-state index in [0.29, 0.717) is 5.75 Å². The van der Waals surface area contributed by atoms with E-state index in [1.807, 2.05) is 7.11 Å². The molecule has 0 N–H and O–H groups in total. The number of aryl methyl sites for hydroxylation is 12. The third-order valence-corrected chi connectivity index (χ3v) is 43.5. The first kappa shape index (κ1) is 50.7. The molecule has 4 heterocycles. The molecule has 9 aromatic carbocycles. The Balaban J connectivity index is 1.27. The summed E-state index contributed by atoms with van der Waals surface area (Å²) in [5.74, 6) is -3.39. The van der Waals surface area contributed by atoms with Gasteiger partial charge in [0, 0.05) is 0 Å². The number of benzene rings is 9. The second kappa shape index (κ2) is 16.9. The van der Waals surface area contributed by atoms with Gasteiger partial charge in [-0.1, -0.05) is 0 Å². The summed E-state index contributed by atoms with van der Waals surface area (Å²) < 4.78 is 29.0. The predicted octanol–water partition coefficient (Wildman–Crippen LogP) is 13.5. The van der Waals surface area contributed by atoms with Crippen molar-refractivity contribution in [2.24, 2.45) is 11.8 Å². The van der Waals surface area contributed by atoms with Gasteiger partial charge >= 0.3 is 481 Å². The molecule has 9 aromatic rings. The van der Waals surface area contributed by atoms with Crippen molar-refractivity contribution in [2.75, 3.05) is 7.11 Å². The van der Waals surface area contributed by atoms with Gasteiger partial charge in [-0.2, -0.15) is 0 Å². The summed E-state index contributed by atoms with van der Waals surface area (Å²) in [6, 6.07) is 63.4. The average Bonchev–Trinajstić information content (AvgIpc) is 2.25. The molecule has 0 saturated carbocycles. The molecule has 398 valence electrons. The number of ether oxygens (including phenoxy) is 1. The molecule has 3 saturated heterocycles. The van der Waals surface area contributed by atoms with E-state index in [-0.39, 0.29) is 0 Å². The molecule has 0 unspecified atom stereocenters. The van der Waals surface area contributed by atoms with Gasteiger partial charge in [-0.15, -0.1) is 0 Å². The molecule has 7 heteroatoms. The summed E-state index contributed by atoms with van der Waals surface area (Å²) in [6.07, 6.45) is 0. The fourth-order valence-corrected chi connectivity index (χ4v) is 46.8. The van der Waals surface area contributed by atoms with E-state index in [1.165, 1.54) is 129 Å². The average molecular weight is 1170 g/mol. The van der Waals surface area contributed by atoms with E-state index in [0.717, 1.165) is 11.1 Å². The summed E-state index contributed by atoms with van der Waals surface area (Å²) in [6.45, 7) is 27.8. The molecule has 0 amide bonds. The number of methoxy groups -OCH3 is 1. The van der Waals surface area contributed by atoms with Crippen molar-refractivity contribution in [1.29, 1.82) is 0 Å². The first-order valence-electron chi connectivity index (χ1n) is 28.7. The Labute approximate surface area is 477 Å². The maximum absolute atomic E-state index is 9.34. The van der Waals surface area contributed by atoms with E-state index in [1.54, 1.807) is 0 Å². The van der Waals surface area contributed by atoms with Crippen molar-refractivity contribution in [2.45, 2.75) is 103 Å². The van der Waals surface area contributed by atoms with E-state index in [2.05, 4.69) is 247 Å². The molecule has 3 aliphatic carbocycles. The number of fused-ring (bicyclic) bond motifs is 11. The Morgan fingerprint density at radius 3 is 0.938 bits per heavy atom. The predicted molar refractivity (Wildman–Crippen MR) is 326 cm³/mol. The molecule has 7 aliphatic rings. The van der Waals surface area contributed by atoms with Crippen LogP contribution >= 0.6 is 0 Å². The first-order chi connectivity index (χ1) is 38.5. The molecule has 5 nitrogen and oxygen atoms in total. The van der Waals surface area contributed by atoms with E-state index < -0.39 is 59.1 Å². The van der Waals surface area contributed by atoms with Gasteiger partial charge in [-0.25, -0.2) is 0 Å². The molecule has 4 atom stereocenters. The van der Waals surface area contributed by atoms with Crippen LogP contribution in [0.2, 0.25) is 0 Å². The van der Waals surface area contributed by atoms with Crippen LogP contribution in [0.1, 0.15) is 100 Å². The van der Waals surface area contributed by atoms with Crippen molar-refractivity contribution < 1.29 is 22.0 Å². The number of hydrogen-bond acceptors (Lipinski definition) is 5. The number of hydrogen-bond donors (Lipinski definition) is 0. The summed E-state index contributed by atoms with van der Waals surface area (Å²) in [4.78, 5) is 15.9. The quantitative estimate of drug-likeness (QED) is 0.127. The Bertz CT molecular complexity index is 3930. The molecular weight excluding hydrogens is 1100 g/mol. The van der Waals surface area contributed by atoms with E-state index in [9.17, 15) is 7.53 Å². The molecule has 3 fully saturated rings. The fraction of sp³-hybridized carbons (Fsp3) is 0.260. The molecule has 4 aliphatic heterocycles. The van der Waals surface area contributed by atoms with Gasteiger partial charge in [0.2, 0.25) is 0 Å². The zero-order valence-electron chi connectivity index (χ0n) is 48.3. The third-order valence-electron chi connectivity index (χ3n) is 20.2. The maximum atomic E-state index is 9.34. The molecule has 16 rings (SSSR count). The van der Waals surface area contributed by atoms with Crippen LogP contribution in [0.25, 0.3) is 22.3 Å². The summed E-state index contributed by atoms with van der Waals surface area (Å²) >= 11 is -10.1. The van der Waals surface area contributed by atoms with Crippen molar-refractivity contribution in [1.82, 2.24) is 0 Å². The first-order valence-corrected chi connectivity index (χ1v) is 36.7. The van der Waals surface area contributed by atoms with Gasteiger partial charge < -0.3 is 0 Å². The Morgan fingerprint density at radius 2 is 0.613 bits per heavy atom. The fourth-order valence-electron chi connectivity index (χ4n) is 19.0. The van der Waals surface area contributed by atoms with Crippen LogP contribution < -0.4 is 22.3 Å². The minimum atomic E-state index is -5.08. The Kier molecular flexibility index (Phi) is 10.7. The van der Waals surface area contributed by atoms with Crippen molar-refractivity contribution in [3.05, 3.63) is 264 Å². The van der Waals surface area contributed by atoms with Crippen LogP contribution in [-0.4, -0.2) is 34.3 Å². The van der Waals surface area contributed by atoms with Crippen molar-refractivity contribution >= 4 is 44.8 Å². The van der Waals surface area contributed by atoms with Crippen LogP contribution in [0.3, 0.4) is 0 Å². The topological polar surface area (TPSA) is 46.2 Å². The van der Waals surface area contributed by atoms with Crippen LogP contribution in [0.5, 0.6) is 5.75 Å². The zero-order valence-corrected chi connectivity index (χ0v) is 52.5. The summed E-state index contributed by atoms with van der Waals surface area (Å²) in [5, 5.41) is 0. The summed E-state index contributed by atoms with van der Waals surface area (Å²) in [7, 11) is 1.81. The number of rotatable bonds is 5.